The zero-order valence-electron chi connectivity index (χ0n) is 21.8. The largest absolute Gasteiger partial charge is 0.489 e. The first-order valence-corrected chi connectivity index (χ1v) is 13.0. The Morgan fingerprint density at radius 3 is 2.08 bits per heavy atom. The highest BCUT2D eigenvalue weighted by Crippen LogP contribution is 2.31. The molecule has 1 atom stereocenters. The van der Waals surface area contributed by atoms with E-state index in [0.29, 0.717) is 56.4 Å². The molecule has 0 heterocycles. The number of hydrogen-bond acceptors (Lipinski definition) is 5. The zero-order chi connectivity index (χ0) is 27.2. The van der Waals surface area contributed by atoms with Crippen molar-refractivity contribution < 1.29 is 29.3 Å². The normalized spacial score (nSPS) is 11.8. The van der Waals surface area contributed by atoms with E-state index < -0.39 is 5.97 Å². The smallest absolute Gasteiger partial charge is 0.340 e. The van der Waals surface area contributed by atoms with Crippen molar-refractivity contribution in [3.05, 3.63) is 101 Å². The van der Waals surface area contributed by atoms with Gasteiger partial charge in [0.15, 0.2) is 0 Å². The first-order chi connectivity index (χ1) is 18.4. The predicted molar refractivity (Wildman–Crippen MR) is 148 cm³/mol. The van der Waals surface area contributed by atoms with E-state index in [0.717, 1.165) is 11.1 Å². The Morgan fingerprint density at radius 2 is 1.47 bits per heavy atom. The molecule has 6 nitrogen and oxygen atoms in total. The minimum absolute atomic E-state index is 0.0680. The van der Waals surface area contributed by atoms with Gasteiger partial charge in [0, 0.05) is 18.9 Å². The molecule has 0 unspecified atom stereocenters. The summed E-state index contributed by atoms with van der Waals surface area (Å²) in [7, 11) is 0. The summed E-state index contributed by atoms with van der Waals surface area (Å²) in [6.07, 6.45) is 6.81. The monoisotopic (exact) mass is 516 g/mol. The molecule has 0 fully saturated rings. The van der Waals surface area contributed by atoms with Gasteiger partial charge in [-0.1, -0.05) is 72.8 Å². The second kappa shape index (κ2) is 15.4. The second-order valence-corrected chi connectivity index (χ2v) is 9.31. The highest BCUT2D eigenvalue weighted by Gasteiger charge is 2.18. The Balaban J connectivity index is 1.73. The van der Waals surface area contributed by atoms with Gasteiger partial charge in [-0.25, -0.2) is 4.79 Å². The maximum absolute atomic E-state index is 12.3. The Bertz CT molecular complexity index is 1190. The molecule has 0 amide bonds. The maximum Gasteiger partial charge on any atom is 0.340 e. The van der Waals surface area contributed by atoms with Crippen LogP contribution in [0.4, 0.5) is 0 Å². The van der Waals surface area contributed by atoms with Crippen LogP contribution in [-0.4, -0.2) is 28.1 Å². The molecule has 0 saturated heterocycles. The van der Waals surface area contributed by atoms with Crippen molar-refractivity contribution in [2.75, 3.05) is 0 Å². The quantitative estimate of drug-likeness (QED) is 0.202. The first kappa shape index (κ1) is 28.7. The van der Waals surface area contributed by atoms with E-state index in [1.807, 2.05) is 66.7 Å². The molecule has 0 aliphatic carbocycles. The van der Waals surface area contributed by atoms with Gasteiger partial charge in [0.1, 0.15) is 36.1 Å². The maximum atomic E-state index is 12.3. The zero-order valence-corrected chi connectivity index (χ0v) is 21.8. The molecule has 0 bridgehead atoms. The molecule has 0 radical (unpaired) electrons. The minimum Gasteiger partial charge on any atom is -0.489 e. The van der Waals surface area contributed by atoms with Crippen LogP contribution in [0, 0.1) is 0 Å². The van der Waals surface area contributed by atoms with E-state index in [2.05, 4.69) is 0 Å². The number of aliphatic hydroxyl groups is 1. The topological polar surface area (TPSA) is 93.1 Å². The fourth-order valence-electron chi connectivity index (χ4n) is 3.99. The average molecular weight is 517 g/mol. The average Bonchev–Trinajstić information content (AvgIpc) is 2.91. The number of rotatable bonds is 16. The lowest BCUT2D eigenvalue weighted by Crippen LogP contribution is -2.07. The minimum atomic E-state index is -1.09. The molecule has 2 N–H and O–H groups in total. The van der Waals surface area contributed by atoms with E-state index in [1.165, 1.54) is 0 Å². The number of ketones is 1. The number of carboxylic acid groups (broad SMARTS) is 1. The van der Waals surface area contributed by atoms with E-state index in [4.69, 9.17) is 9.47 Å². The van der Waals surface area contributed by atoms with Crippen LogP contribution in [-0.2, 0) is 18.0 Å². The van der Waals surface area contributed by atoms with E-state index in [-0.39, 0.29) is 29.8 Å². The molecule has 0 aliphatic rings. The molecule has 0 spiro atoms. The number of ether oxygens (including phenoxy) is 2. The van der Waals surface area contributed by atoms with Crippen molar-refractivity contribution in [3.8, 4) is 11.5 Å². The fraction of sp³-hybridized carbons (Fsp3) is 0.312. The summed E-state index contributed by atoms with van der Waals surface area (Å²) >= 11 is 0. The summed E-state index contributed by atoms with van der Waals surface area (Å²) in [4.78, 5) is 24.3. The lowest BCUT2D eigenvalue weighted by Gasteiger charge is -2.15. The van der Waals surface area contributed by atoms with Gasteiger partial charge in [-0.05, 0) is 55.4 Å². The summed E-state index contributed by atoms with van der Waals surface area (Å²) in [5, 5.41) is 19.3. The molecule has 0 saturated carbocycles. The number of aromatic carboxylic acids is 1. The molecule has 3 rings (SSSR count). The third-order valence-corrected chi connectivity index (χ3v) is 6.01. The van der Waals surface area contributed by atoms with Crippen molar-refractivity contribution in [1.29, 1.82) is 0 Å². The highest BCUT2D eigenvalue weighted by atomic mass is 16.5. The number of unbranched alkanes of at least 4 members (excludes halogenated alkanes) is 1. The number of benzene rings is 3. The molecular formula is C32H36O6. The Morgan fingerprint density at radius 1 is 0.868 bits per heavy atom. The van der Waals surface area contributed by atoms with Crippen LogP contribution < -0.4 is 9.47 Å². The van der Waals surface area contributed by atoms with Gasteiger partial charge in [-0.3, -0.25) is 4.79 Å². The van der Waals surface area contributed by atoms with E-state index >= 15 is 0 Å². The van der Waals surface area contributed by atoms with Gasteiger partial charge < -0.3 is 19.7 Å². The summed E-state index contributed by atoms with van der Waals surface area (Å²) in [5.74, 6) is -0.163. The molecule has 0 aliphatic heterocycles. The Kier molecular flexibility index (Phi) is 11.6. The molecule has 200 valence electrons. The van der Waals surface area contributed by atoms with E-state index in [1.54, 1.807) is 25.1 Å². The van der Waals surface area contributed by atoms with Gasteiger partial charge >= 0.3 is 5.97 Å². The summed E-state index contributed by atoms with van der Waals surface area (Å²) in [6, 6.07) is 22.6. The number of carbonyl (C=O) groups is 2. The third-order valence-electron chi connectivity index (χ3n) is 6.01. The van der Waals surface area contributed by atoms with Gasteiger partial charge in [0.05, 0.1) is 6.10 Å². The number of allylic oxidation sites excluding steroid dienone is 1. The standard InChI is InChI=1S/C32H36O6/c1-24(33)12-11-19-28(34)18-10-4-9-17-27-20-29(37-22-25-13-5-2-6-14-25)21-30(31(27)32(35)36)38-23-26-15-7-3-8-16-26/h2-3,5-9,13-17,20-21,24,33H,4,10-12,18-19,22-23H2,1H3,(H,35,36)/b17-9+/t24-/m1/s1. The number of Topliss-reactive ketones (excluding diaryl/α,β-unsaturated/α-hetero) is 1. The number of hydrogen-bond donors (Lipinski definition) is 2. The molecule has 6 heteroatoms. The van der Waals surface area contributed by atoms with Crippen LogP contribution in [0.2, 0.25) is 0 Å². The molecule has 38 heavy (non-hydrogen) atoms. The lowest BCUT2D eigenvalue weighted by atomic mass is 10.0. The van der Waals surface area contributed by atoms with Crippen molar-refractivity contribution in [3.63, 3.8) is 0 Å². The van der Waals surface area contributed by atoms with Crippen LogP contribution in [0.5, 0.6) is 11.5 Å². The number of carbonyl (C=O) groups excluding carboxylic acids is 1. The van der Waals surface area contributed by atoms with Crippen LogP contribution in [0.1, 0.15) is 72.5 Å². The van der Waals surface area contributed by atoms with Gasteiger partial charge in [-0.2, -0.15) is 0 Å². The first-order valence-electron chi connectivity index (χ1n) is 13.0. The number of carboxylic acids is 1. The number of aliphatic hydroxyl groups excluding tert-OH is 1. The fourth-order valence-corrected chi connectivity index (χ4v) is 3.99. The SMILES string of the molecule is C[C@@H](O)CCCC(=O)CCC/C=C/c1cc(OCc2ccccc2)cc(OCc2ccccc2)c1C(=O)O. The van der Waals surface area contributed by atoms with Crippen molar-refractivity contribution in [1.82, 2.24) is 0 Å². The second-order valence-electron chi connectivity index (χ2n) is 9.31. The van der Waals surface area contributed by atoms with Crippen LogP contribution in [0.15, 0.2) is 78.9 Å². The van der Waals surface area contributed by atoms with Gasteiger partial charge in [0.2, 0.25) is 0 Å². The van der Waals surface area contributed by atoms with Gasteiger partial charge in [0.25, 0.3) is 0 Å². The van der Waals surface area contributed by atoms with Crippen LogP contribution in [0.25, 0.3) is 6.08 Å². The van der Waals surface area contributed by atoms with Crippen LogP contribution >= 0.6 is 0 Å². The van der Waals surface area contributed by atoms with Crippen molar-refractivity contribution >= 4 is 17.8 Å². The predicted octanol–water partition coefficient (Wildman–Crippen LogP) is 6.85. The summed E-state index contributed by atoms with van der Waals surface area (Å²) in [5.41, 5.74) is 2.47. The summed E-state index contributed by atoms with van der Waals surface area (Å²) in [6.45, 7) is 2.29. The molecular weight excluding hydrogens is 480 g/mol. The van der Waals surface area contributed by atoms with E-state index in [9.17, 15) is 19.8 Å². The van der Waals surface area contributed by atoms with Crippen molar-refractivity contribution in [2.45, 2.75) is 64.8 Å². The molecule has 3 aromatic rings. The third kappa shape index (κ3) is 9.87. The molecule has 0 aromatic heterocycles. The highest BCUT2D eigenvalue weighted by molar-refractivity contribution is 5.95. The van der Waals surface area contributed by atoms with Crippen LogP contribution in [0.3, 0.4) is 0 Å². The van der Waals surface area contributed by atoms with Crippen molar-refractivity contribution in [2.24, 2.45) is 0 Å². The summed E-state index contributed by atoms with van der Waals surface area (Å²) < 4.78 is 12.0. The molecule has 3 aromatic carbocycles. The lowest BCUT2D eigenvalue weighted by molar-refractivity contribution is -0.119. The Hall–Kier alpha value is -3.90. The Labute approximate surface area is 224 Å². The van der Waals surface area contributed by atoms with Gasteiger partial charge in [-0.15, -0.1) is 0 Å².